The van der Waals surface area contributed by atoms with E-state index in [9.17, 15) is 14.4 Å². The van der Waals surface area contributed by atoms with Gasteiger partial charge in [-0.15, -0.1) is 0 Å². The molecular weight excluding hydrogens is 460 g/mol. The number of piperazine rings is 1. The van der Waals surface area contributed by atoms with E-state index in [0.29, 0.717) is 37.8 Å². The number of fused-ring (bicyclic) bond motifs is 1. The third-order valence-corrected chi connectivity index (χ3v) is 6.48. The highest BCUT2D eigenvalue weighted by molar-refractivity contribution is 5.78. The van der Waals surface area contributed by atoms with Crippen molar-refractivity contribution in [3.05, 3.63) is 81.6 Å². The van der Waals surface area contributed by atoms with E-state index in [1.165, 1.54) is 17.8 Å². The minimum Gasteiger partial charge on any atom is -0.497 e. The second kappa shape index (κ2) is 9.65. The molecule has 0 aliphatic carbocycles. The molecule has 0 atom stereocenters. The Morgan fingerprint density at radius 2 is 1.67 bits per heavy atom. The summed E-state index contributed by atoms with van der Waals surface area (Å²) in [5.41, 5.74) is 0.872. The standard InChI is InChI=1S/C26H26N6O4/c1-29-24-21(16-27-23(28-24)18-8-10-20(36-2)11-9-18)25(34)32(26(29)35)17-22(33)31-14-12-30(13-15-31)19-6-4-3-5-7-19/h3-11,16H,12-15,17H2,1-2H3. The first-order valence-corrected chi connectivity index (χ1v) is 11.6. The molecule has 0 spiro atoms. The molecule has 1 aliphatic heterocycles. The van der Waals surface area contributed by atoms with E-state index >= 15 is 0 Å². The summed E-state index contributed by atoms with van der Waals surface area (Å²) < 4.78 is 7.42. The van der Waals surface area contributed by atoms with Gasteiger partial charge in [0.1, 0.15) is 17.7 Å². The van der Waals surface area contributed by atoms with Gasteiger partial charge in [0.15, 0.2) is 11.5 Å². The number of ether oxygens (including phenoxy) is 1. The van der Waals surface area contributed by atoms with Crippen LogP contribution >= 0.6 is 0 Å². The normalized spacial score (nSPS) is 13.7. The molecule has 0 bridgehead atoms. The van der Waals surface area contributed by atoms with Crippen molar-refractivity contribution in [1.29, 1.82) is 0 Å². The summed E-state index contributed by atoms with van der Waals surface area (Å²) in [5.74, 6) is 0.808. The number of para-hydroxylation sites is 1. The first-order chi connectivity index (χ1) is 17.5. The van der Waals surface area contributed by atoms with Gasteiger partial charge < -0.3 is 14.5 Å². The minimum absolute atomic E-state index is 0.177. The summed E-state index contributed by atoms with van der Waals surface area (Å²) in [4.78, 5) is 51.9. The van der Waals surface area contributed by atoms with E-state index in [0.717, 1.165) is 15.8 Å². The summed E-state index contributed by atoms with van der Waals surface area (Å²) >= 11 is 0. The number of amides is 1. The number of hydrogen-bond acceptors (Lipinski definition) is 7. The van der Waals surface area contributed by atoms with Gasteiger partial charge in [-0.3, -0.25) is 18.7 Å². The van der Waals surface area contributed by atoms with E-state index in [1.807, 2.05) is 30.3 Å². The lowest BCUT2D eigenvalue weighted by atomic mass is 10.2. The van der Waals surface area contributed by atoms with Crippen LogP contribution in [0.2, 0.25) is 0 Å². The maximum absolute atomic E-state index is 13.2. The average Bonchev–Trinajstić information content (AvgIpc) is 2.94. The number of aromatic nitrogens is 4. The van der Waals surface area contributed by atoms with Gasteiger partial charge in [-0.05, 0) is 36.4 Å². The Balaban J connectivity index is 1.37. The second-order valence-electron chi connectivity index (χ2n) is 8.60. The van der Waals surface area contributed by atoms with Gasteiger partial charge in [-0.1, -0.05) is 18.2 Å². The van der Waals surface area contributed by atoms with Crippen LogP contribution in [0.4, 0.5) is 5.69 Å². The van der Waals surface area contributed by atoms with E-state index < -0.39 is 11.2 Å². The maximum atomic E-state index is 13.2. The van der Waals surface area contributed by atoms with E-state index in [4.69, 9.17) is 4.74 Å². The summed E-state index contributed by atoms with van der Waals surface area (Å²) in [6, 6.07) is 17.2. The fraction of sp³-hybridized carbons (Fsp3) is 0.269. The number of carbonyl (C=O) groups is 1. The van der Waals surface area contributed by atoms with Gasteiger partial charge in [0.25, 0.3) is 5.56 Å². The fourth-order valence-electron chi connectivity index (χ4n) is 4.39. The van der Waals surface area contributed by atoms with Crippen LogP contribution in [0.1, 0.15) is 0 Å². The van der Waals surface area contributed by atoms with Gasteiger partial charge in [-0.2, -0.15) is 0 Å². The van der Waals surface area contributed by atoms with Crippen LogP contribution in [0.5, 0.6) is 5.75 Å². The number of hydrogen-bond donors (Lipinski definition) is 0. The topological polar surface area (TPSA) is 103 Å². The third kappa shape index (κ3) is 4.33. The Hall–Kier alpha value is -4.47. The molecule has 1 fully saturated rings. The molecule has 36 heavy (non-hydrogen) atoms. The molecule has 184 valence electrons. The highest BCUT2D eigenvalue weighted by atomic mass is 16.5. The Morgan fingerprint density at radius 3 is 2.33 bits per heavy atom. The van der Waals surface area contributed by atoms with Gasteiger partial charge in [0, 0.05) is 50.7 Å². The molecular formula is C26H26N6O4. The maximum Gasteiger partial charge on any atom is 0.332 e. The zero-order valence-electron chi connectivity index (χ0n) is 20.1. The van der Waals surface area contributed by atoms with Crippen LogP contribution in [-0.2, 0) is 18.4 Å². The van der Waals surface area contributed by atoms with Gasteiger partial charge >= 0.3 is 5.69 Å². The van der Waals surface area contributed by atoms with Crippen molar-refractivity contribution in [2.45, 2.75) is 6.54 Å². The van der Waals surface area contributed by atoms with Crippen LogP contribution in [0, 0.1) is 0 Å². The van der Waals surface area contributed by atoms with Gasteiger partial charge in [-0.25, -0.2) is 14.8 Å². The molecule has 1 aliphatic rings. The fourth-order valence-corrected chi connectivity index (χ4v) is 4.39. The second-order valence-corrected chi connectivity index (χ2v) is 8.60. The molecule has 0 unspecified atom stereocenters. The monoisotopic (exact) mass is 486 g/mol. The third-order valence-electron chi connectivity index (χ3n) is 6.48. The molecule has 1 saturated heterocycles. The lowest BCUT2D eigenvalue weighted by molar-refractivity contribution is -0.132. The molecule has 1 amide bonds. The van der Waals surface area contributed by atoms with E-state index in [2.05, 4.69) is 14.9 Å². The predicted octanol–water partition coefficient (Wildman–Crippen LogP) is 1.51. The van der Waals surface area contributed by atoms with Crippen molar-refractivity contribution in [1.82, 2.24) is 24.0 Å². The molecule has 0 radical (unpaired) electrons. The molecule has 0 saturated carbocycles. The van der Waals surface area contributed by atoms with Crippen LogP contribution in [0.25, 0.3) is 22.4 Å². The number of aryl methyl sites for hydroxylation is 1. The number of rotatable bonds is 5. The molecule has 10 heteroatoms. The van der Waals surface area contributed by atoms with Crippen LogP contribution in [0.15, 0.2) is 70.4 Å². The van der Waals surface area contributed by atoms with Crippen molar-refractivity contribution in [2.24, 2.45) is 7.05 Å². The van der Waals surface area contributed by atoms with Gasteiger partial charge in [0.2, 0.25) is 5.91 Å². The number of nitrogens with zero attached hydrogens (tertiary/aromatic N) is 6. The summed E-state index contributed by atoms with van der Waals surface area (Å²) in [7, 11) is 3.12. The lowest BCUT2D eigenvalue weighted by Gasteiger charge is -2.36. The van der Waals surface area contributed by atoms with Crippen molar-refractivity contribution >= 4 is 22.6 Å². The highest BCUT2D eigenvalue weighted by Gasteiger charge is 2.23. The number of benzene rings is 2. The molecule has 2 aromatic carbocycles. The van der Waals surface area contributed by atoms with Crippen molar-refractivity contribution in [3.63, 3.8) is 0 Å². The SMILES string of the molecule is COc1ccc(-c2ncc3c(=O)n(CC(=O)N4CCN(c5ccccc5)CC4)c(=O)n(C)c3n2)cc1. The molecule has 10 nitrogen and oxygen atoms in total. The number of anilines is 1. The van der Waals surface area contributed by atoms with Crippen LogP contribution in [-0.4, -0.2) is 63.2 Å². The Labute approximate surface area is 207 Å². The van der Waals surface area contributed by atoms with E-state index in [-0.39, 0.29) is 23.5 Å². The largest absolute Gasteiger partial charge is 0.497 e. The molecule has 3 heterocycles. The molecule has 5 rings (SSSR count). The highest BCUT2D eigenvalue weighted by Crippen LogP contribution is 2.20. The first kappa shape index (κ1) is 23.3. The summed E-state index contributed by atoms with van der Waals surface area (Å²) in [6.07, 6.45) is 1.41. The smallest absolute Gasteiger partial charge is 0.332 e. The van der Waals surface area contributed by atoms with Gasteiger partial charge in [0.05, 0.1) is 7.11 Å². The van der Waals surface area contributed by atoms with E-state index in [1.54, 1.807) is 36.3 Å². The predicted molar refractivity (Wildman–Crippen MR) is 136 cm³/mol. The zero-order chi connectivity index (χ0) is 25.2. The quantitative estimate of drug-likeness (QED) is 0.421. The van der Waals surface area contributed by atoms with Crippen molar-refractivity contribution in [3.8, 4) is 17.1 Å². The van der Waals surface area contributed by atoms with Crippen molar-refractivity contribution in [2.75, 3.05) is 38.2 Å². The summed E-state index contributed by atoms with van der Waals surface area (Å²) in [6.45, 7) is 2.08. The Kier molecular flexibility index (Phi) is 6.24. The number of methoxy groups -OCH3 is 1. The Morgan fingerprint density at radius 1 is 0.972 bits per heavy atom. The Bertz CT molecular complexity index is 1520. The van der Waals surface area contributed by atoms with Crippen molar-refractivity contribution < 1.29 is 9.53 Å². The minimum atomic E-state index is -0.594. The zero-order valence-corrected chi connectivity index (χ0v) is 20.1. The van der Waals surface area contributed by atoms with Crippen LogP contribution < -0.4 is 20.9 Å². The summed E-state index contributed by atoms with van der Waals surface area (Å²) in [5, 5.41) is 0.177. The van der Waals surface area contributed by atoms with Crippen LogP contribution in [0.3, 0.4) is 0 Å². The molecule has 2 aromatic heterocycles. The molecule has 4 aromatic rings. The lowest BCUT2D eigenvalue weighted by Crippen LogP contribution is -2.51. The molecule has 0 N–H and O–H groups in total. The average molecular weight is 487 g/mol. The first-order valence-electron chi connectivity index (χ1n) is 11.6. The number of carbonyl (C=O) groups excluding carboxylic acids is 1.